The van der Waals surface area contributed by atoms with Crippen molar-refractivity contribution in [3.05, 3.63) is 0 Å². The Morgan fingerprint density at radius 3 is 2.62 bits per heavy atom. The van der Waals surface area contributed by atoms with Crippen LogP contribution in [0.4, 0.5) is 4.79 Å². The summed E-state index contributed by atoms with van der Waals surface area (Å²) in [5.41, 5.74) is 0. The van der Waals surface area contributed by atoms with Crippen LogP contribution in [0.3, 0.4) is 0 Å². The van der Waals surface area contributed by atoms with E-state index in [0.717, 1.165) is 19.4 Å². The van der Waals surface area contributed by atoms with Crippen molar-refractivity contribution < 1.29 is 24.2 Å². The van der Waals surface area contributed by atoms with Gasteiger partial charge >= 0.3 is 12.0 Å². The zero-order valence-electron chi connectivity index (χ0n) is 12.4. The van der Waals surface area contributed by atoms with Gasteiger partial charge in [0, 0.05) is 31.9 Å². The minimum absolute atomic E-state index is 0.0412. The number of nitrogens with one attached hydrogen (secondary N) is 2. The number of carbonyl (C=O) groups is 3. The molecular formula is C14H24N2O5. The molecule has 2 atom stereocenters. The molecule has 1 heterocycles. The standard InChI is InChI=1S/C14H24N2O5/c1-2-11-10(7-8-21-11)9-15-14(20)16-12(17)5-3-4-6-13(18)19/h10-11H,2-9H2,1H3,(H,18,19)(H2,15,16,17,20). The molecule has 1 aliphatic rings. The van der Waals surface area contributed by atoms with E-state index in [4.69, 9.17) is 9.84 Å². The summed E-state index contributed by atoms with van der Waals surface area (Å²) in [4.78, 5) is 33.3. The third-order valence-corrected chi connectivity index (χ3v) is 3.57. The van der Waals surface area contributed by atoms with Gasteiger partial charge in [-0.05, 0) is 25.7 Å². The van der Waals surface area contributed by atoms with Crippen molar-refractivity contribution in [2.24, 2.45) is 5.92 Å². The Kier molecular flexibility index (Phi) is 7.74. The molecule has 0 aromatic carbocycles. The molecule has 0 spiro atoms. The van der Waals surface area contributed by atoms with E-state index < -0.39 is 12.0 Å². The zero-order valence-corrected chi connectivity index (χ0v) is 12.4. The molecule has 2 unspecified atom stereocenters. The summed E-state index contributed by atoms with van der Waals surface area (Å²) >= 11 is 0. The first-order valence-corrected chi connectivity index (χ1v) is 7.44. The number of unbranched alkanes of at least 4 members (excludes halogenated alkanes) is 1. The highest BCUT2D eigenvalue weighted by atomic mass is 16.5. The number of aliphatic carboxylic acids is 1. The summed E-state index contributed by atoms with van der Waals surface area (Å²) in [7, 11) is 0. The molecule has 7 heteroatoms. The zero-order chi connectivity index (χ0) is 15.7. The number of imide groups is 1. The summed E-state index contributed by atoms with van der Waals surface area (Å²) in [5, 5.41) is 13.4. The number of carboxylic acid groups (broad SMARTS) is 1. The third kappa shape index (κ3) is 7.08. The molecule has 0 bridgehead atoms. The molecule has 0 saturated carbocycles. The molecule has 3 amide bonds. The lowest BCUT2D eigenvalue weighted by Gasteiger charge is -2.17. The number of amides is 3. The molecule has 120 valence electrons. The Morgan fingerprint density at radius 1 is 1.24 bits per heavy atom. The number of rotatable bonds is 8. The van der Waals surface area contributed by atoms with Crippen LogP contribution in [0.25, 0.3) is 0 Å². The van der Waals surface area contributed by atoms with E-state index in [1.807, 2.05) is 6.92 Å². The Labute approximate surface area is 124 Å². The van der Waals surface area contributed by atoms with Crippen LogP contribution in [-0.4, -0.2) is 42.3 Å². The van der Waals surface area contributed by atoms with Gasteiger partial charge in [-0.2, -0.15) is 0 Å². The van der Waals surface area contributed by atoms with Gasteiger partial charge in [0.25, 0.3) is 0 Å². The lowest BCUT2D eigenvalue weighted by atomic mass is 10.00. The summed E-state index contributed by atoms with van der Waals surface area (Å²) in [6.07, 6.45) is 3.10. The average Bonchev–Trinajstić information content (AvgIpc) is 2.88. The van der Waals surface area contributed by atoms with Gasteiger partial charge < -0.3 is 15.2 Å². The third-order valence-electron chi connectivity index (χ3n) is 3.57. The lowest BCUT2D eigenvalue weighted by molar-refractivity contribution is -0.137. The van der Waals surface area contributed by atoms with Gasteiger partial charge in [0.15, 0.2) is 0 Å². The Morgan fingerprint density at radius 2 is 1.95 bits per heavy atom. The van der Waals surface area contributed by atoms with Gasteiger partial charge in [0.1, 0.15) is 0 Å². The number of carboxylic acids is 1. The topological polar surface area (TPSA) is 105 Å². The Bertz CT molecular complexity index is 372. The monoisotopic (exact) mass is 300 g/mol. The summed E-state index contributed by atoms with van der Waals surface area (Å²) in [6.45, 7) is 3.26. The molecular weight excluding hydrogens is 276 g/mol. The number of hydrogen-bond donors (Lipinski definition) is 3. The van der Waals surface area contributed by atoms with Crippen molar-refractivity contribution in [2.45, 2.75) is 51.6 Å². The highest BCUT2D eigenvalue weighted by Crippen LogP contribution is 2.22. The normalized spacial score (nSPS) is 21.0. The highest BCUT2D eigenvalue weighted by Gasteiger charge is 2.26. The molecule has 3 N–H and O–H groups in total. The van der Waals surface area contributed by atoms with Gasteiger partial charge in [-0.3, -0.25) is 14.9 Å². The minimum atomic E-state index is -0.877. The molecule has 0 aromatic heterocycles. The fraction of sp³-hybridized carbons (Fsp3) is 0.786. The minimum Gasteiger partial charge on any atom is -0.481 e. The molecule has 1 rings (SSSR count). The van der Waals surface area contributed by atoms with Crippen LogP contribution < -0.4 is 10.6 Å². The maximum atomic E-state index is 11.6. The van der Waals surface area contributed by atoms with E-state index in [2.05, 4.69) is 10.6 Å². The molecule has 0 radical (unpaired) electrons. The first-order chi connectivity index (χ1) is 10.0. The summed E-state index contributed by atoms with van der Waals surface area (Å²) in [6, 6.07) is -0.500. The van der Waals surface area contributed by atoms with Crippen molar-refractivity contribution in [3.8, 4) is 0 Å². The largest absolute Gasteiger partial charge is 0.481 e. The number of carbonyl (C=O) groups excluding carboxylic acids is 2. The van der Waals surface area contributed by atoms with E-state index in [9.17, 15) is 14.4 Å². The predicted octanol–water partition coefficient (Wildman–Crippen LogP) is 1.27. The number of ether oxygens (including phenoxy) is 1. The van der Waals surface area contributed by atoms with E-state index >= 15 is 0 Å². The van der Waals surface area contributed by atoms with E-state index in [1.165, 1.54) is 0 Å². The van der Waals surface area contributed by atoms with Crippen LogP contribution in [0.2, 0.25) is 0 Å². The first-order valence-electron chi connectivity index (χ1n) is 7.44. The second-order valence-corrected chi connectivity index (χ2v) is 5.23. The quantitative estimate of drug-likeness (QED) is 0.586. The van der Waals surface area contributed by atoms with Crippen molar-refractivity contribution in [1.82, 2.24) is 10.6 Å². The van der Waals surface area contributed by atoms with Crippen molar-refractivity contribution >= 4 is 17.9 Å². The van der Waals surface area contributed by atoms with Gasteiger partial charge in [0.05, 0.1) is 6.10 Å². The van der Waals surface area contributed by atoms with Gasteiger partial charge in [0.2, 0.25) is 5.91 Å². The second kappa shape index (κ2) is 9.33. The molecule has 7 nitrogen and oxygen atoms in total. The summed E-state index contributed by atoms with van der Waals surface area (Å²) < 4.78 is 5.53. The van der Waals surface area contributed by atoms with E-state index in [-0.39, 0.29) is 24.9 Å². The Balaban J connectivity index is 2.12. The molecule has 21 heavy (non-hydrogen) atoms. The predicted molar refractivity (Wildman–Crippen MR) is 75.8 cm³/mol. The molecule has 1 saturated heterocycles. The van der Waals surface area contributed by atoms with Crippen LogP contribution in [0.1, 0.15) is 45.4 Å². The van der Waals surface area contributed by atoms with Gasteiger partial charge in [-0.15, -0.1) is 0 Å². The van der Waals surface area contributed by atoms with Crippen LogP contribution in [0.15, 0.2) is 0 Å². The van der Waals surface area contributed by atoms with Gasteiger partial charge in [-0.1, -0.05) is 6.92 Å². The molecule has 1 fully saturated rings. The second-order valence-electron chi connectivity index (χ2n) is 5.23. The van der Waals surface area contributed by atoms with Crippen molar-refractivity contribution in [3.63, 3.8) is 0 Å². The maximum absolute atomic E-state index is 11.6. The van der Waals surface area contributed by atoms with Crippen LogP contribution in [0.5, 0.6) is 0 Å². The van der Waals surface area contributed by atoms with Crippen LogP contribution in [0, 0.1) is 5.92 Å². The Hall–Kier alpha value is -1.63. The number of hydrogen-bond acceptors (Lipinski definition) is 4. The SMILES string of the molecule is CCC1OCCC1CNC(=O)NC(=O)CCCCC(=O)O. The molecule has 0 aliphatic carbocycles. The van der Waals surface area contributed by atoms with Crippen LogP contribution in [-0.2, 0) is 14.3 Å². The van der Waals surface area contributed by atoms with Gasteiger partial charge in [-0.25, -0.2) is 4.79 Å². The maximum Gasteiger partial charge on any atom is 0.321 e. The first kappa shape index (κ1) is 17.4. The van der Waals surface area contributed by atoms with E-state index in [0.29, 0.717) is 25.3 Å². The summed E-state index contributed by atoms with van der Waals surface area (Å²) in [5.74, 6) is -0.962. The number of urea groups is 1. The molecule has 1 aliphatic heterocycles. The average molecular weight is 300 g/mol. The van der Waals surface area contributed by atoms with Crippen molar-refractivity contribution in [1.29, 1.82) is 0 Å². The fourth-order valence-corrected chi connectivity index (χ4v) is 2.40. The fourth-order valence-electron chi connectivity index (χ4n) is 2.40. The van der Waals surface area contributed by atoms with Crippen molar-refractivity contribution in [2.75, 3.05) is 13.2 Å². The highest BCUT2D eigenvalue weighted by molar-refractivity contribution is 5.94. The smallest absolute Gasteiger partial charge is 0.321 e. The lowest BCUT2D eigenvalue weighted by Crippen LogP contribution is -2.42. The van der Waals surface area contributed by atoms with E-state index in [1.54, 1.807) is 0 Å². The molecule has 0 aromatic rings. The van der Waals surface area contributed by atoms with Crippen LogP contribution >= 0.6 is 0 Å².